The molecule has 2 aliphatic heterocycles. The molecular weight excluding hydrogens is 704 g/mol. The number of nitrogens with one attached hydrogen (secondary N) is 2. The van der Waals surface area contributed by atoms with Crippen molar-refractivity contribution < 1.29 is 14.3 Å². The van der Waals surface area contributed by atoms with E-state index in [1.54, 1.807) is 23.1 Å². The first-order valence-corrected chi connectivity index (χ1v) is 17.9. The van der Waals surface area contributed by atoms with Crippen LogP contribution >= 0.6 is 23.2 Å². The molecule has 11 nitrogen and oxygen atoms in total. The SMILES string of the molecule is CC(C)(C)N1CCC(n2cc([C@@H](Nc3cc(Cl)cc4c(Nc5ccc(F)c(Cl)c5)c(C#N)cnc34)c3cccc(C(=O)N4CC(O)C4)c3)nn2)CC1. The van der Waals surface area contributed by atoms with Crippen LogP contribution in [-0.2, 0) is 0 Å². The zero-order chi connectivity index (χ0) is 36.7. The van der Waals surface area contributed by atoms with E-state index in [1.165, 1.54) is 24.4 Å². The molecule has 268 valence electrons. The van der Waals surface area contributed by atoms with Crippen molar-refractivity contribution in [2.45, 2.75) is 57.3 Å². The minimum Gasteiger partial charge on any atom is -0.389 e. The summed E-state index contributed by atoms with van der Waals surface area (Å²) < 4.78 is 15.9. The van der Waals surface area contributed by atoms with Gasteiger partial charge in [0.1, 0.15) is 17.6 Å². The second-order valence-electron chi connectivity index (χ2n) is 14.3. The van der Waals surface area contributed by atoms with Crippen LogP contribution in [0.25, 0.3) is 10.9 Å². The number of aliphatic hydroxyl groups is 1. The van der Waals surface area contributed by atoms with Crippen LogP contribution in [-0.4, -0.2) is 78.6 Å². The number of likely N-dealkylation sites (tertiary alicyclic amines) is 2. The number of aliphatic hydroxyl groups excluding tert-OH is 1. The molecule has 2 aromatic heterocycles. The van der Waals surface area contributed by atoms with Gasteiger partial charge in [-0.2, -0.15) is 5.26 Å². The van der Waals surface area contributed by atoms with Crippen molar-refractivity contribution >= 4 is 57.1 Å². The van der Waals surface area contributed by atoms with Gasteiger partial charge in [-0.3, -0.25) is 14.7 Å². The van der Waals surface area contributed by atoms with Crippen LogP contribution in [0.2, 0.25) is 10.0 Å². The summed E-state index contributed by atoms with van der Waals surface area (Å²) in [7, 11) is 0. The van der Waals surface area contributed by atoms with Gasteiger partial charge in [0.2, 0.25) is 0 Å². The van der Waals surface area contributed by atoms with Crippen LogP contribution in [0.4, 0.5) is 21.5 Å². The van der Waals surface area contributed by atoms with E-state index in [1.807, 2.05) is 29.1 Å². The number of hydrogen-bond acceptors (Lipinski definition) is 9. The summed E-state index contributed by atoms with van der Waals surface area (Å²) in [4.78, 5) is 22.1. The second-order valence-corrected chi connectivity index (χ2v) is 15.2. The van der Waals surface area contributed by atoms with Crippen LogP contribution < -0.4 is 10.6 Å². The van der Waals surface area contributed by atoms with Crippen LogP contribution in [0.5, 0.6) is 0 Å². The average molecular weight is 743 g/mol. The Morgan fingerprint density at radius 2 is 1.87 bits per heavy atom. The molecule has 0 bridgehead atoms. The molecule has 14 heteroatoms. The van der Waals surface area contributed by atoms with E-state index in [4.69, 9.17) is 23.2 Å². The third-order valence-electron chi connectivity index (χ3n) is 9.77. The molecule has 2 fully saturated rings. The van der Waals surface area contributed by atoms with E-state index in [0.717, 1.165) is 31.5 Å². The molecule has 0 spiro atoms. The third-order valence-corrected chi connectivity index (χ3v) is 10.3. The highest BCUT2D eigenvalue weighted by molar-refractivity contribution is 6.32. The van der Waals surface area contributed by atoms with Gasteiger partial charge in [0.25, 0.3) is 5.91 Å². The number of pyridine rings is 1. The predicted octanol–water partition coefficient (Wildman–Crippen LogP) is 7.34. The summed E-state index contributed by atoms with van der Waals surface area (Å²) in [6.45, 7) is 9.17. The Labute approximate surface area is 311 Å². The second kappa shape index (κ2) is 14.3. The fraction of sp³-hybridized carbons (Fsp3) is 0.342. The van der Waals surface area contributed by atoms with E-state index >= 15 is 0 Å². The first kappa shape index (κ1) is 35.6. The van der Waals surface area contributed by atoms with Crippen molar-refractivity contribution in [1.29, 1.82) is 5.26 Å². The van der Waals surface area contributed by atoms with E-state index in [0.29, 0.717) is 57.3 Å². The maximum absolute atomic E-state index is 14.0. The highest BCUT2D eigenvalue weighted by Gasteiger charge is 2.31. The standard InChI is InChI=1S/C38H38Cl2FN9O2/c1-38(2,3)49-11-9-27(10-12-49)50-21-33(46-47-50)35(22-5-4-6-23(13-22)37(52)48-19-28(51)20-48)45-32-15-25(39)14-29-34(24(17-42)18-43-36(29)32)44-26-7-8-31(41)30(40)16-26/h4-8,13-16,18,21,27-28,35,45,51H,9-12,19-20H2,1-3H3,(H,43,44)/t35-/m0/s1. The van der Waals surface area contributed by atoms with E-state index in [9.17, 15) is 19.6 Å². The minimum atomic E-state index is -0.593. The number of aromatic nitrogens is 4. The maximum atomic E-state index is 14.0. The fourth-order valence-corrected chi connectivity index (χ4v) is 7.25. The van der Waals surface area contributed by atoms with Crippen molar-refractivity contribution in [2.75, 3.05) is 36.8 Å². The topological polar surface area (TPSA) is 135 Å². The van der Waals surface area contributed by atoms with Crippen molar-refractivity contribution in [3.8, 4) is 6.07 Å². The van der Waals surface area contributed by atoms with Crippen molar-refractivity contribution in [1.82, 2.24) is 29.8 Å². The Balaban J connectivity index is 1.28. The normalized spacial score (nSPS) is 16.4. The molecule has 0 saturated carbocycles. The van der Waals surface area contributed by atoms with E-state index in [2.05, 4.69) is 57.7 Å². The molecule has 0 aliphatic carbocycles. The average Bonchev–Trinajstić information content (AvgIpc) is 3.60. The first-order valence-electron chi connectivity index (χ1n) is 17.1. The van der Waals surface area contributed by atoms with Gasteiger partial charge < -0.3 is 20.6 Å². The molecular formula is C38H38Cl2FN9O2. The summed E-state index contributed by atoms with van der Waals surface area (Å²) in [6, 6.07) is 16.8. The van der Waals surface area contributed by atoms with Gasteiger partial charge in [-0.05, 0) is 81.6 Å². The molecule has 1 amide bonds. The number of halogens is 3. The van der Waals surface area contributed by atoms with Gasteiger partial charge in [0.05, 0.1) is 51.9 Å². The Bertz CT molecular complexity index is 2180. The van der Waals surface area contributed by atoms with Gasteiger partial charge in [-0.25, -0.2) is 9.07 Å². The lowest BCUT2D eigenvalue weighted by molar-refractivity contribution is 0.00589. The highest BCUT2D eigenvalue weighted by Crippen LogP contribution is 2.38. The van der Waals surface area contributed by atoms with Crippen LogP contribution in [0, 0.1) is 17.1 Å². The fourth-order valence-electron chi connectivity index (χ4n) is 6.86. The number of piperidine rings is 1. The molecule has 52 heavy (non-hydrogen) atoms. The lowest BCUT2D eigenvalue weighted by Gasteiger charge is -2.40. The predicted molar refractivity (Wildman–Crippen MR) is 200 cm³/mol. The number of nitriles is 1. The summed E-state index contributed by atoms with van der Waals surface area (Å²) in [5.41, 5.74) is 4.16. The lowest BCUT2D eigenvalue weighted by Crippen LogP contribution is -2.53. The number of fused-ring (bicyclic) bond motifs is 1. The summed E-state index contributed by atoms with van der Waals surface area (Å²) in [6.07, 6.45) is 4.77. The zero-order valence-corrected chi connectivity index (χ0v) is 30.5. The highest BCUT2D eigenvalue weighted by atomic mass is 35.5. The van der Waals surface area contributed by atoms with Crippen LogP contribution in [0.3, 0.4) is 0 Å². The quantitative estimate of drug-likeness (QED) is 0.149. The van der Waals surface area contributed by atoms with Crippen molar-refractivity contribution in [2.24, 2.45) is 0 Å². The smallest absolute Gasteiger partial charge is 0.254 e. The van der Waals surface area contributed by atoms with Gasteiger partial charge in [-0.1, -0.05) is 40.5 Å². The van der Waals surface area contributed by atoms with Gasteiger partial charge in [0.15, 0.2) is 0 Å². The third kappa shape index (κ3) is 7.27. The number of hydrogen-bond donors (Lipinski definition) is 3. The first-order chi connectivity index (χ1) is 24.9. The van der Waals surface area contributed by atoms with Crippen LogP contribution in [0.15, 0.2) is 67.0 Å². The number of nitrogens with zero attached hydrogens (tertiary/aromatic N) is 7. The van der Waals surface area contributed by atoms with Crippen LogP contribution in [0.1, 0.15) is 72.9 Å². The van der Waals surface area contributed by atoms with Gasteiger partial charge >= 0.3 is 0 Å². The number of benzene rings is 3. The van der Waals surface area contributed by atoms with Gasteiger partial charge in [0, 0.05) is 59.6 Å². The van der Waals surface area contributed by atoms with Crippen molar-refractivity contribution in [3.63, 3.8) is 0 Å². The molecule has 0 unspecified atom stereocenters. The molecule has 5 aromatic rings. The monoisotopic (exact) mass is 741 g/mol. The maximum Gasteiger partial charge on any atom is 0.254 e. The molecule has 1 atom stereocenters. The zero-order valence-electron chi connectivity index (χ0n) is 28.9. The summed E-state index contributed by atoms with van der Waals surface area (Å²) in [5, 5.41) is 36.7. The number of anilines is 3. The molecule has 4 heterocycles. The number of amides is 1. The molecule has 0 radical (unpaired) electrons. The van der Waals surface area contributed by atoms with E-state index in [-0.39, 0.29) is 28.1 Å². The number of carbonyl (C=O) groups is 1. The minimum absolute atomic E-state index is 0.0658. The molecule has 2 aliphatic rings. The van der Waals surface area contributed by atoms with Crippen molar-refractivity contribution in [3.05, 3.63) is 105 Å². The molecule has 3 aromatic carbocycles. The lowest BCUT2D eigenvalue weighted by atomic mass is 9.98. The largest absolute Gasteiger partial charge is 0.389 e. The molecule has 7 rings (SSSR count). The van der Waals surface area contributed by atoms with E-state index < -0.39 is 18.0 Å². The Kier molecular flexibility index (Phi) is 9.80. The Morgan fingerprint density at radius 1 is 1.10 bits per heavy atom. The Hall–Kier alpha value is -4.80. The Morgan fingerprint density at radius 3 is 2.56 bits per heavy atom. The summed E-state index contributed by atoms with van der Waals surface area (Å²) in [5.74, 6) is -0.732. The number of carbonyl (C=O) groups excluding carboxylic acids is 1. The van der Waals surface area contributed by atoms with Gasteiger partial charge in [-0.15, -0.1) is 5.10 Å². The summed E-state index contributed by atoms with van der Waals surface area (Å²) >= 11 is 12.8. The molecule has 2 saturated heterocycles. The number of β-amino-alcohol motifs (C(OH)–C–C–N with tert-alkyl or cyclic N) is 1. The molecule has 3 N–H and O–H groups in total. The number of rotatable bonds is 8.